The van der Waals surface area contributed by atoms with E-state index in [0.29, 0.717) is 42.7 Å². The van der Waals surface area contributed by atoms with Gasteiger partial charge in [-0.1, -0.05) is 18.3 Å². The second kappa shape index (κ2) is 10.2. The van der Waals surface area contributed by atoms with Crippen molar-refractivity contribution in [1.82, 2.24) is 9.88 Å². The molecule has 1 saturated heterocycles. The van der Waals surface area contributed by atoms with E-state index in [-0.39, 0.29) is 16.6 Å². The fourth-order valence-electron chi connectivity index (χ4n) is 3.62. The van der Waals surface area contributed by atoms with E-state index in [9.17, 15) is 13.2 Å². The van der Waals surface area contributed by atoms with Gasteiger partial charge in [-0.15, -0.1) is 0 Å². The van der Waals surface area contributed by atoms with Crippen LogP contribution >= 0.6 is 11.3 Å². The number of carbonyl (C=O) groups excluding carboxylic acids is 1. The van der Waals surface area contributed by atoms with Gasteiger partial charge in [-0.2, -0.15) is 0 Å². The number of rotatable bonds is 8. The molecular formula is C23H27N3O5S2. The molecule has 0 spiro atoms. The zero-order valence-corrected chi connectivity index (χ0v) is 20.3. The van der Waals surface area contributed by atoms with E-state index < -0.39 is 9.84 Å². The predicted octanol–water partition coefficient (Wildman–Crippen LogP) is 3.08. The molecule has 0 N–H and O–H groups in total. The summed E-state index contributed by atoms with van der Waals surface area (Å²) in [7, 11) is -1.72. The van der Waals surface area contributed by atoms with Crippen LogP contribution in [0.2, 0.25) is 0 Å². The quantitative estimate of drug-likeness (QED) is 0.480. The van der Waals surface area contributed by atoms with Crippen LogP contribution < -0.4 is 9.64 Å². The Kier molecular flexibility index (Phi) is 7.28. The number of anilines is 1. The molecule has 0 bridgehead atoms. The maximum absolute atomic E-state index is 13.5. The van der Waals surface area contributed by atoms with Crippen LogP contribution in [0.15, 0.2) is 47.4 Å². The van der Waals surface area contributed by atoms with Crippen LogP contribution in [0.3, 0.4) is 0 Å². The van der Waals surface area contributed by atoms with E-state index >= 15 is 0 Å². The van der Waals surface area contributed by atoms with Crippen molar-refractivity contribution in [2.24, 2.45) is 0 Å². The van der Waals surface area contributed by atoms with Crippen molar-refractivity contribution in [3.05, 3.63) is 48.0 Å². The molecule has 2 heterocycles. The van der Waals surface area contributed by atoms with Crippen molar-refractivity contribution >= 4 is 42.4 Å². The number of ether oxygens (including phenoxy) is 2. The summed E-state index contributed by atoms with van der Waals surface area (Å²) in [6.45, 7) is 5.76. The Hall–Kier alpha value is -2.53. The summed E-state index contributed by atoms with van der Waals surface area (Å²) in [6, 6.07) is 11.8. The lowest BCUT2D eigenvalue weighted by molar-refractivity contribution is 0.0391. The number of hydrogen-bond donors (Lipinski definition) is 0. The summed E-state index contributed by atoms with van der Waals surface area (Å²) in [5.74, 6) is 0.509. The Morgan fingerprint density at radius 1 is 1.18 bits per heavy atom. The third-order valence-electron chi connectivity index (χ3n) is 5.64. The topological polar surface area (TPSA) is 89.0 Å². The maximum Gasteiger partial charge on any atom is 0.260 e. The molecule has 8 nitrogen and oxygen atoms in total. The molecule has 1 aliphatic rings. The number of morpholine rings is 1. The largest absolute Gasteiger partial charge is 0.497 e. The second-order valence-electron chi connectivity index (χ2n) is 7.67. The van der Waals surface area contributed by atoms with Gasteiger partial charge in [0.15, 0.2) is 15.0 Å². The van der Waals surface area contributed by atoms with Gasteiger partial charge in [-0.3, -0.25) is 14.6 Å². The molecule has 10 heteroatoms. The zero-order valence-electron chi connectivity index (χ0n) is 18.7. The average Bonchev–Trinajstić information content (AvgIpc) is 3.27. The molecule has 1 fully saturated rings. The van der Waals surface area contributed by atoms with Crippen LogP contribution in [-0.2, 0) is 14.6 Å². The van der Waals surface area contributed by atoms with Crippen molar-refractivity contribution in [3.8, 4) is 5.75 Å². The summed E-state index contributed by atoms with van der Waals surface area (Å²) >= 11 is 1.44. The van der Waals surface area contributed by atoms with Gasteiger partial charge in [0, 0.05) is 37.8 Å². The van der Waals surface area contributed by atoms with Crippen LogP contribution in [0.25, 0.3) is 10.2 Å². The molecule has 1 aliphatic heterocycles. The van der Waals surface area contributed by atoms with Gasteiger partial charge < -0.3 is 9.47 Å². The summed E-state index contributed by atoms with van der Waals surface area (Å²) in [5.41, 5.74) is 1.19. The summed E-state index contributed by atoms with van der Waals surface area (Å²) < 4.78 is 36.0. The molecule has 0 unspecified atom stereocenters. The molecule has 4 rings (SSSR count). The van der Waals surface area contributed by atoms with Crippen LogP contribution in [0, 0.1) is 0 Å². The number of hydrogen-bond acceptors (Lipinski definition) is 8. The second-order valence-corrected chi connectivity index (χ2v) is 11.0. The number of methoxy groups -OCH3 is 1. The molecule has 3 aromatic rings. The van der Waals surface area contributed by atoms with Gasteiger partial charge in [0.05, 0.1) is 41.2 Å². The van der Waals surface area contributed by atoms with Gasteiger partial charge in [0.1, 0.15) is 5.75 Å². The minimum absolute atomic E-state index is 0.0150. The molecule has 2 aromatic carbocycles. The number of thiazole rings is 1. The number of benzene rings is 2. The summed E-state index contributed by atoms with van der Waals surface area (Å²) in [6.07, 6.45) is 0. The molecule has 0 atom stereocenters. The molecule has 0 aliphatic carbocycles. The molecule has 33 heavy (non-hydrogen) atoms. The summed E-state index contributed by atoms with van der Waals surface area (Å²) in [5, 5.41) is 0.599. The third kappa shape index (κ3) is 5.35. The molecular weight excluding hydrogens is 462 g/mol. The van der Waals surface area contributed by atoms with Crippen LogP contribution in [0.5, 0.6) is 5.75 Å². The van der Waals surface area contributed by atoms with Crippen molar-refractivity contribution < 1.29 is 22.7 Å². The zero-order chi connectivity index (χ0) is 23.4. The van der Waals surface area contributed by atoms with E-state index in [1.165, 1.54) is 23.5 Å². The Morgan fingerprint density at radius 2 is 1.91 bits per heavy atom. The van der Waals surface area contributed by atoms with Crippen molar-refractivity contribution in [3.63, 3.8) is 0 Å². The van der Waals surface area contributed by atoms with E-state index in [4.69, 9.17) is 14.5 Å². The van der Waals surface area contributed by atoms with Gasteiger partial charge >= 0.3 is 0 Å². The van der Waals surface area contributed by atoms with Gasteiger partial charge in [0.25, 0.3) is 5.91 Å². The lowest BCUT2D eigenvalue weighted by Crippen LogP contribution is -2.43. The first-order valence-electron chi connectivity index (χ1n) is 10.8. The highest BCUT2D eigenvalue weighted by molar-refractivity contribution is 7.91. The molecule has 176 valence electrons. The minimum Gasteiger partial charge on any atom is -0.497 e. The highest BCUT2D eigenvalue weighted by atomic mass is 32.2. The van der Waals surface area contributed by atoms with E-state index in [1.54, 1.807) is 31.1 Å². The van der Waals surface area contributed by atoms with Gasteiger partial charge in [0.2, 0.25) is 0 Å². The lowest BCUT2D eigenvalue weighted by Gasteiger charge is -2.29. The highest BCUT2D eigenvalue weighted by Gasteiger charge is 2.23. The van der Waals surface area contributed by atoms with Crippen molar-refractivity contribution in [1.29, 1.82) is 0 Å². The number of sulfone groups is 1. The average molecular weight is 490 g/mol. The van der Waals surface area contributed by atoms with Gasteiger partial charge in [-0.05, 0) is 36.4 Å². The predicted molar refractivity (Wildman–Crippen MR) is 129 cm³/mol. The van der Waals surface area contributed by atoms with Crippen molar-refractivity contribution in [2.45, 2.75) is 11.8 Å². The molecule has 1 aromatic heterocycles. The Labute approximate surface area is 197 Å². The third-order valence-corrected chi connectivity index (χ3v) is 8.45. The maximum atomic E-state index is 13.5. The van der Waals surface area contributed by atoms with Crippen molar-refractivity contribution in [2.75, 3.05) is 57.2 Å². The number of carbonyl (C=O) groups is 1. The number of fused-ring (bicyclic) bond motifs is 1. The van der Waals surface area contributed by atoms with Crippen LogP contribution in [0.4, 0.5) is 5.13 Å². The molecule has 0 saturated carbocycles. The Bertz CT molecular complexity index is 1220. The normalized spacial score (nSPS) is 15.0. The monoisotopic (exact) mass is 489 g/mol. The number of amides is 1. The van der Waals surface area contributed by atoms with E-state index in [0.717, 1.165) is 23.3 Å². The van der Waals surface area contributed by atoms with Gasteiger partial charge in [-0.25, -0.2) is 13.4 Å². The number of aromatic nitrogens is 1. The Morgan fingerprint density at radius 3 is 2.58 bits per heavy atom. The fraction of sp³-hybridized carbons (Fsp3) is 0.391. The molecule has 1 amide bonds. The first-order valence-corrected chi connectivity index (χ1v) is 13.3. The highest BCUT2D eigenvalue weighted by Crippen LogP contribution is 2.32. The Balaban J connectivity index is 1.63. The lowest BCUT2D eigenvalue weighted by atomic mass is 10.2. The molecule has 0 radical (unpaired) electrons. The standard InChI is InChI=1S/C23H27N3O5S2/c1-3-33(28,29)19-7-4-17(5-8-19)22(27)26(11-10-25-12-14-31-15-13-25)23-24-20-16-18(30-2)6-9-21(20)32-23/h4-9,16H,3,10-15H2,1-2H3. The first-order chi connectivity index (χ1) is 15.9. The fourth-order valence-corrected chi connectivity index (χ4v) is 5.47. The summed E-state index contributed by atoms with van der Waals surface area (Å²) in [4.78, 5) is 22.4. The first kappa shape index (κ1) is 23.6. The van der Waals surface area contributed by atoms with Crippen LogP contribution in [-0.4, -0.2) is 76.5 Å². The van der Waals surface area contributed by atoms with E-state index in [2.05, 4.69) is 4.90 Å². The smallest absolute Gasteiger partial charge is 0.260 e. The number of nitrogens with zero attached hydrogens (tertiary/aromatic N) is 3. The SMILES string of the molecule is CCS(=O)(=O)c1ccc(C(=O)N(CCN2CCOCC2)c2nc3cc(OC)ccc3s2)cc1. The van der Waals surface area contributed by atoms with Crippen LogP contribution in [0.1, 0.15) is 17.3 Å². The minimum atomic E-state index is -3.33. The van der Waals surface area contributed by atoms with E-state index in [1.807, 2.05) is 18.2 Å².